The fraction of sp³-hybridized carbons (Fsp3) is 0.484. The topological polar surface area (TPSA) is 69.3 Å². The Morgan fingerprint density at radius 2 is 1.75 bits per heavy atom. The van der Waals surface area contributed by atoms with Crippen LogP contribution >= 0.6 is 0 Å². The van der Waals surface area contributed by atoms with Crippen LogP contribution in [-0.4, -0.2) is 70.3 Å². The molecular formula is C31H34F2N6O. The van der Waals surface area contributed by atoms with Gasteiger partial charge in [0.1, 0.15) is 23.8 Å². The van der Waals surface area contributed by atoms with E-state index in [1.807, 2.05) is 12.1 Å². The molecular weight excluding hydrogens is 510 g/mol. The first-order valence-electron chi connectivity index (χ1n) is 14.6. The molecule has 2 unspecified atom stereocenters. The maximum Gasteiger partial charge on any atom is 0.319 e. The molecule has 0 saturated carbocycles. The predicted molar refractivity (Wildman–Crippen MR) is 152 cm³/mol. The van der Waals surface area contributed by atoms with E-state index in [0.29, 0.717) is 51.7 Å². The van der Waals surface area contributed by atoms with Gasteiger partial charge in [0.2, 0.25) is 0 Å². The Morgan fingerprint density at radius 3 is 2.52 bits per heavy atom. The van der Waals surface area contributed by atoms with E-state index in [4.69, 9.17) is 9.72 Å². The highest BCUT2D eigenvalue weighted by Gasteiger charge is 2.45. The lowest BCUT2D eigenvalue weighted by atomic mass is 9.95. The third-order valence-electron chi connectivity index (χ3n) is 9.83. The van der Waals surface area contributed by atoms with Gasteiger partial charge in [0, 0.05) is 58.8 Å². The molecule has 0 amide bonds. The van der Waals surface area contributed by atoms with Crippen molar-refractivity contribution in [3.63, 3.8) is 0 Å². The lowest BCUT2D eigenvalue weighted by Crippen LogP contribution is -2.51. The molecule has 2 aromatic heterocycles. The van der Waals surface area contributed by atoms with E-state index in [-0.39, 0.29) is 22.9 Å². The summed E-state index contributed by atoms with van der Waals surface area (Å²) in [4.78, 5) is 17.5. The van der Waals surface area contributed by atoms with E-state index in [0.717, 1.165) is 57.7 Å². The molecule has 208 valence electrons. The molecule has 2 N–H and O–H groups in total. The van der Waals surface area contributed by atoms with Crippen molar-refractivity contribution in [2.75, 3.05) is 37.7 Å². The van der Waals surface area contributed by atoms with E-state index in [2.05, 4.69) is 25.1 Å². The Hall–Kier alpha value is -3.30. The second-order valence-corrected chi connectivity index (χ2v) is 12.2. The molecule has 4 aliphatic rings. The first-order chi connectivity index (χ1) is 19.5. The van der Waals surface area contributed by atoms with E-state index in [9.17, 15) is 0 Å². The number of benzene rings is 2. The number of H-pyrrole nitrogens is 1. The predicted octanol–water partition coefficient (Wildman–Crippen LogP) is 5.31. The average Bonchev–Trinajstić information content (AvgIpc) is 3.73. The first kappa shape index (κ1) is 24.5. The number of anilines is 1. The first-order valence-corrected chi connectivity index (χ1v) is 14.6. The Kier molecular flexibility index (Phi) is 5.58. The van der Waals surface area contributed by atoms with Crippen LogP contribution in [0.2, 0.25) is 0 Å². The molecule has 9 heteroatoms. The number of nitrogens with one attached hydrogen (secondary N) is 2. The molecule has 4 aliphatic heterocycles. The Morgan fingerprint density at radius 1 is 0.975 bits per heavy atom. The number of aryl methyl sites for hydroxylation is 1. The van der Waals surface area contributed by atoms with Crippen LogP contribution in [0.5, 0.6) is 6.01 Å². The number of ether oxygens (including phenoxy) is 1. The molecule has 4 aromatic rings. The number of rotatable bonds is 5. The molecule has 2 aromatic carbocycles. The Balaban J connectivity index is 1.25. The number of hydrogen-bond donors (Lipinski definition) is 2. The van der Waals surface area contributed by atoms with Gasteiger partial charge < -0.3 is 19.9 Å². The van der Waals surface area contributed by atoms with E-state index in [1.165, 1.54) is 12.8 Å². The molecule has 2 bridgehead atoms. The number of nitrogens with zero attached hydrogens (tertiary/aromatic N) is 4. The minimum Gasteiger partial charge on any atom is -0.461 e. The lowest BCUT2D eigenvalue weighted by Gasteiger charge is -2.34. The summed E-state index contributed by atoms with van der Waals surface area (Å²) >= 11 is 0. The monoisotopic (exact) mass is 544 g/mol. The highest BCUT2D eigenvalue weighted by Crippen LogP contribution is 2.41. The van der Waals surface area contributed by atoms with Gasteiger partial charge in [0.15, 0.2) is 5.82 Å². The number of piperazine rings is 1. The highest BCUT2D eigenvalue weighted by atomic mass is 19.1. The van der Waals surface area contributed by atoms with E-state index >= 15 is 8.78 Å². The number of fused-ring (bicyclic) bond motifs is 5. The molecule has 40 heavy (non-hydrogen) atoms. The fourth-order valence-electron chi connectivity index (χ4n) is 7.77. The van der Waals surface area contributed by atoms with Crippen molar-refractivity contribution in [1.82, 2.24) is 25.2 Å². The second kappa shape index (κ2) is 9.11. The van der Waals surface area contributed by atoms with Gasteiger partial charge in [-0.25, -0.2) is 8.78 Å². The van der Waals surface area contributed by atoms with Gasteiger partial charge in [-0.2, -0.15) is 9.97 Å². The van der Waals surface area contributed by atoms with Gasteiger partial charge in [-0.3, -0.25) is 4.90 Å². The van der Waals surface area contributed by atoms with Gasteiger partial charge >= 0.3 is 6.01 Å². The largest absolute Gasteiger partial charge is 0.461 e. The lowest BCUT2D eigenvalue weighted by molar-refractivity contribution is 0.108. The molecule has 4 fully saturated rings. The highest BCUT2D eigenvalue weighted by molar-refractivity contribution is 6.00. The van der Waals surface area contributed by atoms with Crippen LogP contribution < -0.4 is 15.0 Å². The van der Waals surface area contributed by atoms with Crippen molar-refractivity contribution in [2.45, 2.75) is 63.1 Å². The fourth-order valence-corrected chi connectivity index (χ4v) is 7.77. The normalized spacial score (nSPS) is 23.9. The van der Waals surface area contributed by atoms with Crippen LogP contribution in [0.25, 0.3) is 32.9 Å². The zero-order valence-electron chi connectivity index (χ0n) is 22.8. The standard InChI is InChI=1S/C31H34F2N6O/c1-18-4-9-24-25(26(18)32)23(14-34-24)21-7-8-22-28(27(21)33)36-30(40-17-31-10-2-12-39(31)13-3-11-31)37-29(22)38-15-19-5-6-20(16-38)35-19/h4,7-9,14,19-20,34-35H,2-3,5-6,10-13,15-17H2,1H3. The van der Waals surface area contributed by atoms with Crippen LogP contribution in [-0.2, 0) is 0 Å². The second-order valence-electron chi connectivity index (χ2n) is 12.2. The molecule has 8 rings (SSSR count). The summed E-state index contributed by atoms with van der Waals surface area (Å²) in [6.45, 7) is 6.08. The van der Waals surface area contributed by atoms with Crippen molar-refractivity contribution >= 4 is 27.6 Å². The van der Waals surface area contributed by atoms with Gasteiger partial charge in [-0.05, 0) is 76.2 Å². The van der Waals surface area contributed by atoms with Gasteiger partial charge in [-0.15, -0.1) is 0 Å². The Labute approximate surface area is 231 Å². The molecule has 0 radical (unpaired) electrons. The summed E-state index contributed by atoms with van der Waals surface area (Å²) in [6, 6.07) is 8.21. The smallest absolute Gasteiger partial charge is 0.319 e. The maximum atomic E-state index is 16.5. The molecule has 7 nitrogen and oxygen atoms in total. The number of hydrogen-bond acceptors (Lipinski definition) is 6. The van der Waals surface area contributed by atoms with Crippen molar-refractivity contribution in [3.8, 4) is 17.1 Å². The van der Waals surface area contributed by atoms with Crippen LogP contribution in [0.3, 0.4) is 0 Å². The summed E-state index contributed by atoms with van der Waals surface area (Å²) in [6.07, 6.45) is 8.52. The Bertz CT molecular complexity index is 1610. The van der Waals surface area contributed by atoms with Gasteiger partial charge in [0.05, 0.1) is 5.54 Å². The van der Waals surface area contributed by atoms with E-state index < -0.39 is 5.82 Å². The zero-order valence-corrected chi connectivity index (χ0v) is 22.8. The minimum absolute atomic E-state index is 0.0342. The van der Waals surface area contributed by atoms with Crippen LogP contribution in [0, 0.1) is 18.6 Å². The summed E-state index contributed by atoms with van der Waals surface area (Å²) in [5.74, 6) is -0.0988. The molecule has 0 spiro atoms. The maximum absolute atomic E-state index is 16.5. The summed E-state index contributed by atoms with van der Waals surface area (Å²) < 4.78 is 38.1. The van der Waals surface area contributed by atoms with Crippen LogP contribution in [0.15, 0.2) is 30.5 Å². The minimum atomic E-state index is -0.479. The van der Waals surface area contributed by atoms with Gasteiger partial charge in [0.25, 0.3) is 0 Å². The van der Waals surface area contributed by atoms with Gasteiger partial charge in [-0.1, -0.05) is 12.1 Å². The zero-order chi connectivity index (χ0) is 27.0. The van der Waals surface area contributed by atoms with Crippen molar-refractivity contribution in [3.05, 3.63) is 47.7 Å². The number of halogens is 2. The number of aromatic amines is 1. The summed E-state index contributed by atoms with van der Waals surface area (Å²) in [7, 11) is 0. The average molecular weight is 545 g/mol. The summed E-state index contributed by atoms with van der Waals surface area (Å²) in [5.41, 5.74) is 2.22. The number of aromatic nitrogens is 3. The third-order valence-corrected chi connectivity index (χ3v) is 9.83. The molecule has 6 heterocycles. The quantitative estimate of drug-likeness (QED) is 0.355. The van der Waals surface area contributed by atoms with Crippen molar-refractivity contribution in [1.29, 1.82) is 0 Å². The van der Waals surface area contributed by atoms with Crippen LogP contribution in [0.4, 0.5) is 14.6 Å². The van der Waals surface area contributed by atoms with E-state index in [1.54, 1.807) is 25.3 Å². The van der Waals surface area contributed by atoms with Crippen LogP contribution in [0.1, 0.15) is 44.1 Å². The van der Waals surface area contributed by atoms with Crippen molar-refractivity contribution < 1.29 is 13.5 Å². The third kappa shape index (κ3) is 3.74. The molecule has 2 atom stereocenters. The summed E-state index contributed by atoms with van der Waals surface area (Å²) in [5, 5.41) is 4.72. The van der Waals surface area contributed by atoms with Crippen molar-refractivity contribution in [2.24, 2.45) is 0 Å². The molecule has 4 saturated heterocycles. The molecule has 0 aliphatic carbocycles. The SMILES string of the molecule is Cc1ccc2[nH]cc(-c3ccc4c(N5CC6CCC(C5)N6)nc(OCC56CCCN5CCC6)nc4c3F)c2c1F.